The highest BCUT2D eigenvalue weighted by Crippen LogP contribution is 2.31. The van der Waals surface area contributed by atoms with Gasteiger partial charge in [0.2, 0.25) is 5.91 Å². The maximum atomic E-state index is 13.3. The lowest BCUT2D eigenvalue weighted by atomic mass is 9.94. The number of ether oxygens (including phenoxy) is 1. The lowest BCUT2D eigenvalue weighted by molar-refractivity contribution is -0.137. The van der Waals surface area contributed by atoms with Crippen LogP contribution in [0.5, 0.6) is 11.5 Å². The molecule has 1 amide bonds. The first kappa shape index (κ1) is 23.1. The van der Waals surface area contributed by atoms with E-state index in [1.165, 1.54) is 0 Å². The number of carboxylic acids is 1. The number of aliphatic carboxylic acids is 1. The van der Waals surface area contributed by atoms with Gasteiger partial charge < -0.3 is 15.2 Å². The number of hydrogen-bond acceptors (Lipinski definition) is 3. The van der Waals surface area contributed by atoms with Crippen LogP contribution in [-0.2, 0) is 16.0 Å². The van der Waals surface area contributed by atoms with Crippen molar-refractivity contribution in [2.24, 2.45) is 0 Å². The number of rotatable bonds is 9. The smallest absolute Gasteiger partial charge is 0.303 e. The zero-order valence-electron chi connectivity index (χ0n) is 19.0. The van der Waals surface area contributed by atoms with Crippen molar-refractivity contribution in [3.63, 3.8) is 0 Å². The summed E-state index contributed by atoms with van der Waals surface area (Å²) in [6, 6.07) is 29.0. The average Bonchev–Trinajstić information content (AvgIpc) is 2.85. The molecule has 4 rings (SSSR count). The highest BCUT2D eigenvalue weighted by Gasteiger charge is 2.19. The van der Waals surface area contributed by atoms with Crippen LogP contribution in [0.1, 0.15) is 36.8 Å². The number of para-hydroxylation sites is 1. The van der Waals surface area contributed by atoms with Crippen molar-refractivity contribution >= 4 is 28.3 Å². The third-order valence-electron chi connectivity index (χ3n) is 5.84. The Morgan fingerprint density at radius 3 is 2.41 bits per heavy atom. The molecule has 0 aromatic heterocycles. The molecule has 0 heterocycles. The molecule has 5 nitrogen and oxygen atoms in total. The largest absolute Gasteiger partial charge is 0.481 e. The van der Waals surface area contributed by atoms with E-state index in [4.69, 9.17) is 9.84 Å². The van der Waals surface area contributed by atoms with Gasteiger partial charge in [-0.05, 0) is 59.9 Å². The Kier molecular flexibility index (Phi) is 7.23. The number of nitrogens with one attached hydrogen (secondary N) is 1. The van der Waals surface area contributed by atoms with Crippen molar-refractivity contribution in [1.29, 1.82) is 0 Å². The van der Waals surface area contributed by atoms with Crippen LogP contribution in [0.3, 0.4) is 0 Å². The molecule has 1 unspecified atom stereocenters. The van der Waals surface area contributed by atoms with Crippen molar-refractivity contribution in [2.75, 3.05) is 5.32 Å². The van der Waals surface area contributed by atoms with Gasteiger partial charge in [0.25, 0.3) is 0 Å². The van der Waals surface area contributed by atoms with Crippen LogP contribution < -0.4 is 10.1 Å². The van der Waals surface area contributed by atoms with Gasteiger partial charge in [-0.2, -0.15) is 0 Å². The Labute approximate surface area is 199 Å². The van der Waals surface area contributed by atoms with Crippen LogP contribution >= 0.6 is 0 Å². The standard InChI is InChI=1S/C29H27NO4/c1-20(25-15-7-10-21-9-5-6-14-26(21)25)29(33)30-27-19-24(34-23-12-3-2-4-13-23)18-17-22(27)11-8-16-28(31)32/h2-7,9-10,12-15,17-20H,8,11,16H2,1H3,(H,30,33)(H,31,32). The van der Waals surface area contributed by atoms with E-state index in [0.717, 1.165) is 21.9 Å². The summed E-state index contributed by atoms with van der Waals surface area (Å²) in [6.45, 7) is 1.89. The normalized spacial score (nSPS) is 11.7. The number of carboxylic acid groups (broad SMARTS) is 1. The maximum absolute atomic E-state index is 13.3. The van der Waals surface area contributed by atoms with Crippen molar-refractivity contribution in [3.05, 3.63) is 102 Å². The number of amides is 1. The summed E-state index contributed by atoms with van der Waals surface area (Å²) >= 11 is 0. The lowest BCUT2D eigenvalue weighted by Crippen LogP contribution is -2.20. The molecule has 0 saturated heterocycles. The Morgan fingerprint density at radius 2 is 1.62 bits per heavy atom. The SMILES string of the molecule is CC(C(=O)Nc1cc(Oc2ccccc2)ccc1CCCC(=O)O)c1cccc2ccccc12. The second-order valence-electron chi connectivity index (χ2n) is 8.26. The fourth-order valence-electron chi connectivity index (χ4n) is 4.02. The third kappa shape index (κ3) is 5.62. The van der Waals surface area contributed by atoms with Crippen LogP contribution in [0.15, 0.2) is 91.0 Å². The molecule has 2 N–H and O–H groups in total. The van der Waals surface area contributed by atoms with E-state index in [1.54, 1.807) is 6.07 Å². The predicted octanol–water partition coefficient (Wildman–Crippen LogP) is 6.78. The molecule has 0 saturated carbocycles. The molecule has 0 spiro atoms. The van der Waals surface area contributed by atoms with Crippen LogP contribution in [0.2, 0.25) is 0 Å². The molecule has 0 bridgehead atoms. The van der Waals surface area contributed by atoms with Crippen LogP contribution in [0.25, 0.3) is 10.8 Å². The van der Waals surface area contributed by atoms with Crippen molar-refractivity contribution < 1.29 is 19.4 Å². The minimum atomic E-state index is -0.834. The van der Waals surface area contributed by atoms with Crippen molar-refractivity contribution in [3.8, 4) is 11.5 Å². The minimum Gasteiger partial charge on any atom is -0.481 e. The van der Waals surface area contributed by atoms with Gasteiger partial charge in [-0.25, -0.2) is 0 Å². The Balaban J connectivity index is 1.59. The summed E-state index contributed by atoms with van der Waals surface area (Å²) in [5.74, 6) is -0.0487. The van der Waals surface area contributed by atoms with E-state index in [0.29, 0.717) is 30.0 Å². The van der Waals surface area contributed by atoms with Crippen LogP contribution in [0.4, 0.5) is 5.69 Å². The van der Waals surface area contributed by atoms with E-state index in [1.807, 2.05) is 91.9 Å². The van der Waals surface area contributed by atoms with E-state index in [-0.39, 0.29) is 18.2 Å². The summed E-state index contributed by atoms with van der Waals surface area (Å²) in [4.78, 5) is 24.3. The molecule has 0 radical (unpaired) electrons. The van der Waals surface area contributed by atoms with Gasteiger partial charge in [0, 0.05) is 18.2 Å². The van der Waals surface area contributed by atoms with E-state index in [9.17, 15) is 9.59 Å². The highest BCUT2D eigenvalue weighted by atomic mass is 16.5. The van der Waals surface area contributed by atoms with Gasteiger partial charge >= 0.3 is 5.97 Å². The lowest BCUT2D eigenvalue weighted by Gasteiger charge is -2.18. The molecular weight excluding hydrogens is 426 g/mol. The second kappa shape index (κ2) is 10.7. The molecular formula is C29H27NO4. The predicted molar refractivity (Wildman–Crippen MR) is 135 cm³/mol. The zero-order valence-corrected chi connectivity index (χ0v) is 19.0. The summed E-state index contributed by atoms with van der Waals surface area (Å²) in [5.41, 5.74) is 2.47. The maximum Gasteiger partial charge on any atom is 0.303 e. The van der Waals surface area contributed by atoms with Crippen molar-refractivity contribution in [1.82, 2.24) is 0 Å². The number of carbonyl (C=O) groups excluding carboxylic acids is 1. The quantitative estimate of drug-likeness (QED) is 0.293. The zero-order chi connectivity index (χ0) is 23.9. The minimum absolute atomic E-state index is 0.0715. The fraction of sp³-hybridized carbons (Fsp3) is 0.172. The summed E-state index contributed by atoms with van der Waals surface area (Å²) in [6.07, 6.45) is 1.09. The number of benzene rings is 4. The van der Waals surface area contributed by atoms with Gasteiger partial charge in [0.05, 0.1) is 5.92 Å². The van der Waals surface area contributed by atoms with E-state index in [2.05, 4.69) is 5.32 Å². The Hall–Kier alpha value is -4.12. The first-order chi connectivity index (χ1) is 16.5. The molecule has 0 fully saturated rings. The molecule has 0 aliphatic heterocycles. The van der Waals surface area contributed by atoms with E-state index < -0.39 is 5.97 Å². The molecule has 4 aromatic carbocycles. The summed E-state index contributed by atoms with van der Waals surface area (Å²) in [7, 11) is 0. The third-order valence-corrected chi connectivity index (χ3v) is 5.84. The van der Waals surface area contributed by atoms with Crippen LogP contribution in [-0.4, -0.2) is 17.0 Å². The number of anilines is 1. The fourth-order valence-corrected chi connectivity index (χ4v) is 4.02. The average molecular weight is 454 g/mol. The van der Waals surface area contributed by atoms with Gasteiger partial charge in [-0.3, -0.25) is 9.59 Å². The van der Waals surface area contributed by atoms with Crippen molar-refractivity contribution in [2.45, 2.75) is 32.1 Å². The number of hydrogen-bond donors (Lipinski definition) is 2. The molecule has 0 aliphatic carbocycles. The van der Waals surface area contributed by atoms with Gasteiger partial charge in [-0.1, -0.05) is 66.7 Å². The van der Waals surface area contributed by atoms with Gasteiger partial charge in [0.1, 0.15) is 11.5 Å². The Morgan fingerprint density at radius 1 is 0.882 bits per heavy atom. The topological polar surface area (TPSA) is 75.6 Å². The van der Waals surface area contributed by atoms with Crippen LogP contribution in [0, 0.1) is 0 Å². The number of fused-ring (bicyclic) bond motifs is 1. The Bertz CT molecular complexity index is 1290. The number of aryl methyl sites for hydroxylation is 1. The summed E-state index contributed by atoms with van der Waals surface area (Å²) in [5, 5.41) is 14.2. The first-order valence-electron chi connectivity index (χ1n) is 11.4. The van der Waals surface area contributed by atoms with Gasteiger partial charge in [-0.15, -0.1) is 0 Å². The molecule has 34 heavy (non-hydrogen) atoms. The molecule has 4 aromatic rings. The molecule has 5 heteroatoms. The second-order valence-corrected chi connectivity index (χ2v) is 8.26. The molecule has 172 valence electrons. The van der Waals surface area contributed by atoms with Gasteiger partial charge in [0.15, 0.2) is 0 Å². The first-order valence-corrected chi connectivity index (χ1v) is 11.4. The molecule has 0 aliphatic rings. The summed E-state index contributed by atoms with van der Waals surface area (Å²) < 4.78 is 5.96. The van der Waals surface area contributed by atoms with E-state index >= 15 is 0 Å². The highest BCUT2D eigenvalue weighted by molar-refractivity contribution is 5.99. The monoisotopic (exact) mass is 453 g/mol. The number of carbonyl (C=O) groups is 2. The molecule has 1 atom stereocenters.